The quantitative estimate of drug-likeness (QED) is 0.310. The number of hydrogen-bond acceptors (Lipinski definition) is 3. The Hall–Kier alpha value is -0.900. The van der Waals surface area contributed by atoms with E-state index in [1.54, 1.807) is 19.9 Å². The van der Waals surface area contributed by atoms with Gasteiger partial charge in [-0.3, -0.25) is 0 Å². The van der Waals surface area contributed by atoms with Gasteiger partial charge in [0.2, 0.25) is 6.20 Å². The van der Waals surface area contributed by atoms with E-state index in [1.807, 2.05) is 0 Å². The molecule has 0 rings (SSSR count). The summed E-state index contributed by atoms with van der Waals surface area (Å²) in [7, 11) is 0. The zero-order chi connectivity index (χ0) is 11.0. The Kier molecular flexibility index (Phi) is 7.02. The Morgan fingerprint density at radius 3 is 2.64 bits per heavy atom. The van der Waals surface area contributed by atoms with Crippen molar-refractivity contribution in [1.82, 2.24) is 0 Å². The molecule has 0 aromatic rings. The maximum absolute atomic E-state index is 11.1. The molecule has 0 saturated heterocycles. The summed E-state index contributed by atoms with van der Waals surface area (Å²) >= 11 is 0. The summed E-state index contributed by atoms with van der Waals surface area (Å²) in [5.41, 5.74) is 0. The first-order valence-corrected chi connectivity index (χ1v) is 5.09. The summed E-state index contributed by atoms with van der Waals surface area (Å²) < 4.78 is 0. The van der Waals surface area contributed by atoms with Crippen molar-refractivity contribution in [3.8, 4) is 0 Å². The molecule has 0 aliphatic heterocycles. The molecule has 0 saturated carbocycles. The van der Waals surface area contributed by atoms with Crippen LogP contribution in [0.1, 0.15) is 40.0 Å². The van der Waals surface area contributed by atoms with Gasteiger partial charge in [0, 0.05) is 0 Å². The van der Waals surface area contributed by atoms with Crippen molar-refractivity contribution in [3.05, 3.63) is 17.5 Å². The van der Waals surface area contributed by atoms with E-state index in [1.165, 1.54) is 6.20 Å². The molecule has 2 atom stereocenters. The van der Waals surface area contributed by atoms with Gasteiger partial charge >= 0.3 is 0 Å². The minimum absolute atomic E-state index is 0.358. The molecule has 1 N–H and O–H groups in total. The molecule has 4 nitrogen and oxygen atoms in total. The normalized spacial score (nSPS) is 17.3. The van der Waals surface area contributed by atoms with Gasteiger partial charge in [0.05, 0.1) is 6.10 Å². The zero-order valence-electron chi connectivity index (χ0n) is 9.18. The molecule has 0 aliphatic carbocycles. The first-order valence-electron chi connectivity index (χ1n) is 5.09. The van der Waals surface area contributed by atoms with Gasteiger partial charge < -0.3 is 10.3 Å². The second-order valence-electron chi connectivity index (χ2n) is 3.43. The van der Waals surface area contributed by atoms with Gasteiger partial charge in [0.15, 0.2) is 0 Å². The lowest BCUT2D eigenvalue weighted by molar-refractivity contribution is -0.463. The molecule has 0 unspecified atom stereocenters. The molecule has 0 bridgehead atoms. The van der Waals surface area contributed by atoms with Gasteiger partial charge in [-0.25, -0.2) is 0 Å². The maximum Gasteiger partial charge on any atom is 0.205 e. The fourth-order valence-electron chi connectivity index (χ4n) is 0.801. The number of unbranched alkanes of at least 4 members (excludes halogenated alkanes) is 2. The van der Waals surface area contributed by atoms with Gasteiger partial charge in [0.1, 0.15) is 6.04 Å². The molecule has 0 aromatic carbocycles. The van der Waals surface area contributed by atoms with E-state index < -0.39 is 6.10 Å². The Morgan fingerprint density at radius 1 is 1.50 bits per heavy atom. The van der Waals surface area contributed by atoms with Crippen molar-refractivity contribution < 1.29 is 9.97 Å². The van der Waals surface area contributed by atoms with Crippen LogP contribution in [0.3, 0.4) is 0 Å². The lowest BCUT2D eigenvalue weighted by Crippen LogP contribution is -2.18. The van der Waals surface area contributed by atoms with Crippen LogP contribution < -0.4 is 0 Å². The number of nitrogens with zero attached hydrogens (tertiary/aromatic N) is 2. The number of allylic oxidation sites excluding steroid dienone is 1. The summed E-state index contributed by atoms with van der Waals surface area (Å²) in [4.78, 5) is 0.521. The van der Waals surface area contributed by atoms with Gasteiger partial charge in [-0.05, 0) is 37.9 Å². The Morgan fingerprint density at radius 2 is 2.14 bits per heavy atom. The minimum Gasteiger partial charge on any atom is -0.595 e. The third-order valence-corrected chi connectivity index (χ3v) is 1.95. The highest BCUT2D eigenvalue weighted by Gasteiger charge is 2.09. The monoisotopic (exact) mass is 200 g/mol. The van der Waals surface area contributed by atoms with Crippen LogP contribution in [-0.4, -0.2) is 22.1 Å². The topological polar surface area (TPSA) is 58.7 Å². The molecule has 0 aliphatic rings. The van der Waals surface area contributed by atoms with Crippen molar-refractivity contribution in [1.29, 1.82) is 0 Å². The van der Waals surface area contributed by atoms with Crippen LogP contribution in [0.2, 0.25) is 0 Å². The second kappa shape index (κ2) is 7.50. The van der Waals surface area contributed by atoms with E-state index in [0.29, 0.717) is 4.86 Å². The highest BCUT2D eigenvalue weighted by molar-refractivity contribution is 4.71. The summed E-state index contributed by atoms with van der Waals surface area (Å²) in [5.74, 6) is 0. The SMILES string of the molecule is CCCC/C=C/[N+]([O-])=N[C@@H](C)[C@H](C)O. The summed E-state index contributed by atoms with van der Waals surface area (Å²) in [6.45, 7) is 5.42. The smallest absolute Gasteiger partial charge is 0.205 e. The average Bonchev–Trinajstić information content (AvgIpc) is 2.12. The number of aliphatic hydroxyl groups is 1. The van der Waals surface area contributed by atoms with E-state index in [9.17, 15) is 5.21 Å². The molecule has 0 fully saturated rings. The predicted octanol–water partition coefficient (Wildman–Crippen LogP) is 2.42. The maximum atomic E-state index is 11.1. The highest BCUT2D eigenvalue weighted by Crippen LogP contribution is 1.99. The Bertz CT molecular complexity index is 200. The predicted molar refractivity (Wildman–Crippen MR) is 55.9 cm³/mol. The van der Waals surface area contributed by atoms with Crippen LogP contribution in [0.15, 0.2) is 17.4 Å². The first-order chi connectivity index (χ1) is 6.57. The van der Waals surface area contributed by atoms with Crippen molar-refractivity contribution in [2.24, 2.45) is 5.11 Å². The van der Waals surface area contributed by atoms with Gasteiger partial charge in [-0.2, -0.15) is 0 Å². The van der Waals surface area contributed by atoms with Gasteiger partial charge in [-0.15, -0.1) is 0 Å². The molecule has 14 heavy (non-hydrogen) atoms. The Balaban J connectivity index is 3.93. The third kappa shape index (κ3) is 6.60. The summed E-state index contributed by atoms with van der Waals surface area (Å²) in [6.07, 6.45) is 5.70. The second-order valence-corrected chi connectivity index (χ2v) is 3.43. The molecule has 0 aromatic heterocycles. The minimum atomic E-state index is -0.588. The highest BCUT2D eigenvalue weighted by atomic mass is 16.5. The third-order valence-electron chi connectivity index (χ3n) is 1.95. The molecular formula is C10H20N2O2. The standard InChI is InChI=1S/C10H20N2O2/c1-4-5-6-7-8-12(14)11-9(2)10(3)13/h7-10,13H,4-6H2,1-3H3/b8-7+,12-11?/t9-,10-/m0/s1. The van der Waals surface area contributed by atoms with Crippen LogP contribution >= 0.6 is 0 Å². The van der Waals surface area contributed by atoms with E-state index in [-0.39, 0.29) is 6.04 Å². The van der Waals surface area contributed by atoms with Crippen LogP contribution in [-0.2, 0) is 0 Å². The number of hydroxylamine groups is 1. The van der Waals surface area contributed by atoms with Gasteiger partial charge in [-0.1, -0.05) is 18.2 Å². The molecule has 0 amide bonds. The van der Waals surface area contributed by atoms with Crippen LogP contribution in [0, 0.1) is 5.21 Å². The van der Waals surface area contributed by atoms with E-state index >= 15 is 0 Å². The molecule has 0 heterocycles. The largest absolute Gasteiger partial charge is 0.595 e. The summed E-state index contributed by atoms with van der Waals surface area (Å²) in [6, 6.07) is -0.358. The van der Waals surface area contributed by atoms with Crippen LogP contribution in [0.25, 0.3) is 0 Å². The van der Waals surface area contributed by atoms with Crippen molar-refractivity contribution in [3.63, 3.8) is 0 Å². The number of rotatable bonds is 6. The van der Waals surface area contributed by atoms with Gasteiger partial charge in [0.25, 0.3) is 0 Å². The van der Waals surface area contributed by atoms with E-state index in [4.69, 9.17) is 5.11 Å². The molecular weight excluding hydrogens is 180 g/mol. The lowest BCUT2D eigenvalue weighted by atomic mass is 10.2. The number of hydrogen-bond donors (Lipinski definition) is 1. The molecule has 0 radical (unpaired) electrons. The Labute approximate surface area is 85.5 Å². The number of azo groups is 1. The first kappa shape index (κ1) is 13.1. The van der Waals surface area contributed by atoms with Crippen molar-refractivity contribution in [2.75, 3.05) is 0 Å². The number of aliphatic hydroxyl groups excluding tert-OH is 1. The van der Waals surface area contributed by atoms with Crippen molar-refractivity contribution in [2.45, 2.75) is 52.2 Å². The fourth-order valence-corrected chi connectivity index (χ4v) is 0.801. The van der Waals surface area contributed by atoms with E-state index in [2.05, 4.69) is 12.0 Å². The molecule has 82 valence electrons. The van der Waals surface area contributed by atoms with Crippen LogP contribution in [0.4, 0.5) is 0 Å². The lowest BCUT2D eigenvalue weighted by Gasteiger charge is -2.05. The molecule has 0 spiro atoms. The van der Waals surface area contributed by atoms with Crippen molar-refractivity contribution >= 4 is 0 Å². The van der Waals surface area contributed by atoms with Crippen LogP contribution in [0.5, 0.6) is 0 Å². The fraction of sp³-hybridized carbons (Fsp3) is 0.800. The average molecular weight is 200 g/mol. The zero-order valence-corrected chi connectivity index (χ0v) is 9.18. The molecule has 4 heteroatoms. The van der Waals surface area contributed by atoms with E-state index in [0.717, 1.165) is 19.3 Å². The summed E-state index contributed by atoms with van der Waals surface area (Å²) in [5, 5.41) is 23.9.